The lowest BCUT2D eigenvalue weighted by molar-refractivity contribution is -0.212. The summed E-state index contributed by atoms with van der Waals surface area (Å²) in [5, 5.41) is 27.5. The quantitative estimate of drug-likeness (QED) is 0.413. The summed E-state index contributed by atoms with van der Waals surface area (Å²) in [5.74, 6) is -0.745. The van der Waals surface area contributed by atoms with Crippen LogP contribution in [-0.2, 0) is 15.7 Å². The largest absolute Gasteiger partial charge is 0.434 e. The molecule has 2 aliphatic heterocycles. The van der Waals surface area contributed by atoms with Crippen molar-refractivity contribution in [3.8, 4) is 0 Å². The number of pyridine rings is 1. The summed E-state index contributed by atoms with van der Waals surface area (Å²) < 4.78 is 50.2. The molecule has 10 nitrogen and oxygen atoms in total. The van der Waals surface area contributed by atoms with E-state index in [0.717, 1.165) is 17.1 Å². The smallest absolute Gasteiger partial charge is 0.388 e. The van der Waals surface area contributed by atoms with Gasteiger partial charge in [-0.05, 0) is 12.1 Å². The van der Waals surface area contributed by atoms with E-state index in [1.54, 1.807) is 6.07 Å². The van der Waals surface area contributed by atoms with E-state index >= 15 is 0 Å². The number of nitrogens with zero attached hydrogens (tertiary/aromatic N) is 3. The molecule has 0 unspecified atom stereocenters. The molecule has 5 rings (SSSR count). The normalized spacial score (nSPS) is 28.1. The maximum absolute atomic E-state index is 12.9. The van der Waals surface area contributed by atoms with Crippen LogP contribution in [0.2, 0.25) is 0 Å². The van der Waals surface area contributed by atoms with Crippen molar-refractivity contribution in [2.45, 2.75) is 36.3 Å². The van der Waals surface area contributed by atoms with Gasteiger partial charge in [0.1, 0.15) is 29.7 Å². The molecule has 184 valence electrons. The number of carbonyl (C=O) groups is 1. The second-order valence-electron chi connectivity index (χ2n) is 8.35. The minimum Gasteiger partial charge on any atom is -0.388 e. The first-order chi connectivity index (χ1) is 16.7. The number of benzene rings is 1. The van der Waals surface area contributed by atoms with E-state index in [9.17, 15) is 28.2 Å². The lowest BCUT2D eigenvalue weighted by Crippen LogP contribution is -2.66. The summed E-state index contributed by atoms with van der Waals surface area (Å²) in [6.45, 7) is -0.359. The van der Waals surface area contributed by atoms with Gasteiger partial charge in [-0.25, -0.2) is 4.98 Å². The van der Waals surface area contributed by atoms with Gasteiger partial charge in [0.2, 0.25) is 0 Å². The van der Waals surface area contributed by atoms with Crippen LogP contribution in [0.25, 0.3) is 10.9 Å². The third-order valence-electron chi connectivity index (χ3n) is 6.01. The van der Waals surface area contributed by atoms with E-state index in [1.807, 2.05) is 24.3 Å². The molecule has 5 atom stereocenters. The highest BCUT2D eigenvalue weighted by Crippen LogP contribution is 2.38. The summed E-state index contributed by atoms with van der Waals surface area (Å²) >= 11 is 0. The average Bonchev–Trinajstić information content (AvgIpc) is 3.26. The maximum atomic E-state index is 12.9. The van der Waals surface area contributed by atoms with E-state index in [0.29, 0.717) is 11.8 Å². The zero-order valence-corrected chi connectivity index (χ0v) is 17.9. The monoisotopic (exact) mass is 491 g/mol. The van der Waals surface area contributed by atoms with Gasteiger partial charge in [-0.1, -0.05) is 18.2 Å². The molecule has 1 amide bonds. The molecule has 1 aromatic carbocycles. The molecule has 35 heavy (non-hydrogen) atoms. The number of hydrogen-bond acceptors (Lipinski definition) is 9. The predicted molar refractivity (Wildman–Crippen MR) is 114 cm³/mol. The molecule has 2 aromatic heterocycles. The Bertz CT molecular complexity index is 1260. The number of nitrogens with one attached hydrogen (secondary N) is 2. The Morgan fingerprint density at radius 3 is 2.80 bits per heavy atom. The van der Waals surface area contributed by atoms with Gasteiger partial charge >= 0.3 is 6.18 Å². The van der Waals surface area contributed by atoms with Crippen molar-refractivity contribution in [2.24, 2.45) is 0 Å². The third kappa shape index (κ3) is 4.38. The van der Waals surface area contributed by atoms with Crippen molar-refractivity contribution in [3.63, 3.8) is 0 Å². The highest BCUT2D eigenvalue weighted by Gasteiger charge is 2.59. The van der Waals surface area contributed by atoms with Crippen molar-refractivity contribution in [1.29, 1.82) is 0 Å². The van der Waals surface area contributed by atoms with Gasteiger partial charge < -0.3 is 30.3 Å². The van der Waals surface area contributed by atoms with Crippen LogP contribution in [0, 0.1) is 0 Å². The van der Waals surface area contributed by atoms with Crippen molar-refractivity contribution in [2.75, 3.05) is 18.5 Å². The van der Waals surface area contributed by atoms with Crippen LogP contribution in [0.5, 0.6) is 0 Å². The van der Waals surface area contributed by atoms with Crippen molar-refractivity contribution >= 4 is 22.6 Å². The molecule has 2 aliphatic rings. The lowest BCUT2D eigenvalue weighted by Gasteiger charge is -2.43. The molecule has 4 heterocycles. The van der Waals surface area contributed by atoms with Crippen molar-refractivity contribution in [3.05, 3.63) is 60.2 Å². The van der Waals surface area contributed by atoms with E-state index in [4.69, 9.17) is 9.47 Å². The van der Waals surface area contributed by atoms with Crippen LogP contribution < -0.4 is 10.6 Å². The predicted octanol–water partition coefficient (Wildman–Crippen LogP) is 1.10. The van der Waals surface area contributed by atoms with Gasteiger partial charge in [0, 0.05) is 11.6 Å². The minimum absolute atomic E-state index is 0.168. The summed E-state index contributed by atoms with van der Waals surface area (Å²) in [7, 11) is 0. The first-order valence-electron chi connectivity index (χ1n) is 10.6. The molecule has 13 heteroatoms. The summed E-state index contributed by atoms with van der Waals surface area (Å²) in [4.78, 5) is 23.9. The number of para-hydroxylation sites is 1. The van der Waals surface area contributed by atoms with Crippen molar-refractivity contribution < 1.29 is 37.7 Å². The number of aliphatic hydroxyl groups excluding tert-OH is 2. The van der Waals surface area contributed by atoms with E-state index < -0.39 is 47.9 Å². The summed E-state index contributed by atoms with van der Waals surface area (Å²) in [6.07, 6.45) is -5.83. The maximum Gasteiger partial charge on any atom is 0.434 e. The molecule has 2 fully saturated rings. The molecule has 0 spiro atoms. The Hall–Kier alpha value is -3.39. The molecule has 2 bridgehead atoms. The van der Waals surface area contributed by atoms with Gasteiger partial charge in [0.15, 0.2) is 12.0 Å². The average molecular weight is 491 g/mol. The minimum atomic E-state index is -4.70. The molecule has 4 N–H and O–H groups in total. The Kier molecular flexibility index (Phi) is 5.79. The molecule has 3 aromatic rings. The van der Waals surface area contributed by atoms with Gasteiger partial charge in [-0.2, -0.15) is 13.2 Å². The highest BCUT2D eigenvalue weighted by atomic mass is 19.4. The van der Waals surface area contributed by atoms with E-state index in [2.05, 4.69) is 25.6 Å². The molecule has 0 radical (unpaired) electrons. The third-order valence-corrected chi connectivity index (χ3v) is 6.01. The number of halogens is 3. The number of ether oxygens (including phenoxy) is 2. The van der Waals surface area contributed by atoms with Gasteiger partial charge in [0.25, 0.3) is 5.91 Å². The number of anilines is 1. The number of rotatable bonds is 5. The fourth-order valence-corrected chi connectivity index (χ4v) is 4.14. The lowest BCUT2D eigenvalue weighted by atomic mass is 9.87. The fraction of sp³-hybridized carbons (Fsp3) is 0.364. The fourth-order valence-electron chi connectivity index (χ4n) is 4.14. The van der Waals surface area contributed by atoms with Crippen LogP contribution in [0.3, 0.4) is 0 Å². The topological polar surface area (TPSA) is 139 Å². The number of alkyl halides is 3. The number of carbonyl (C=O) groups excluding carboxylic acids is 1. The number of aliphatic hydroxyl groups is 2. The number of amides is 1. The molecule has 0 aliphatic carbocycles. The van der Waals surface area contributed by atoms with Crippen LogP contribution >= 0.6 is 0 Å². The Labute approximate surface area is 196 Å². The number of aromatic nitrogens is 3. The molecule has 0 saturated carbocycles. The van der Waals surface area contributed by atoms with Gasteiger partial charge in [-0.3, -0.25) is 14.8 Å². The van der Waals surface area contributed by atoms with Crippen LogP contribution in [0.15, 0.2) is 48.9 Å². The van der Waals surface area contributed by atoms with E-state index in [-0.39, 0.29) is 19.0 Å². The number of fused-ring (bicyclic) bond motifs is 3. The Morgan fingerprint density at radius 2 is 2.00 bits per heavy atom. The second kappa shape index (κ2) is 8.68. The summed E-state index contributed by atoms with van der Waals surface area (Å²) in [6, 6.07) is 7.82. The van der Waals surface area contributed by atoms with Gasteiger partial charge in [0.05, 0.1) is 36.6 Å². The van der Waals surface area contributed by atoms with Crippen molar-refractivity contribution in [1.82, 2.24) is 20.3 Å². The standard InChI is InChI=1S/C22H20F3N5O5/c23-22(24,25)14-7-26-8-15(29-14)30-16-17(31)18(32)21(10-34-20(16)35-21)9-28-19(33)12-5-11-3-1-2-4-13(11)27-6-12/h1-8,16-18,20,31-32H,9-10H2,(H,28,33)(H,29,30)/t16-,17-,18-,20+,21+/m1/s1. The van der Waals surface area contributed by atoms with Crippen LogP contribution in [0.1, 0.15) is 16.1 Å². The van der Waals surface area contributed by atoms with Gasteiger partial charge in [-0.15, -0.1) is 0 Å². The zero-order chi connectivity index (χ0) is 24.8. The zero-order valence-electron chi connectivity index (χ0n) is 17.9. The SMILES string of the molecule is O=C(NC[C@@]12CO[C@@H](O1)[C@H](Nc1cncc(C(F)(F)F)n1)[C@@H](O)[C@H]2O)c1cnc2ccccc2c1. The Morgan fingerprint density at radius 1 is 1.20 bits per heavy atom. The summed E-state index contributed by atoms with van der Waals surface area (Å²) in [5.41, 5.74) is -1.65. The first-order valence-corrected chi connectivity index (χ1v) is 10.6. The van der Waals surface area contributed by atoms with Crippen LogP contribution in [0.4, 0.5) is 19.0 Å². The van der Waals surface area contributed by atoms with Crippen LogP contribution in [-0.4, -0.2) is 74.4 Å². The second-order valence-corrected chi connectivity index (χ2v) is 8.35. The molecular formula is C22H20F3N5O5. The molecule has 2 saturated heterocycles. The van der Waals surface area contributed by atoms with E-state index in [1.165, 1.54) is 6.20 Å². The molecular weight excluding hydrogens is 471 g/mol. The number of hydrogen-bond donors (Lipinski definition) is 4. The Balaban J connectivity index is 1.27. The first kappa shape index (κ1) is 23.4. The highest BCUT2D eigenvalue weighted by molar-refractivity contribution is 5.97.